The zero-order valence-corrected chi connectivity index (χ0v) is 11.9. The lowest BCUT2D eigenvalue weighted by Gasteiger charge is -2.43. The van der Waals surface area contributed by atoms with Crippen LogP contribution >= 0.6 is 0 Å². The van der Waals surface area contributed by atoms with Gasteiger partial charge in [0, 0.05) is 32.2 Å². The van der Waals surface area contributed by atoms with Crippen molar-refractivity contribution in [3.05, 3.63) is 0 Å². The molecule has 1 atom stereocenters. The molecule has 3 aliphatic rings. The molecule has 0 aromatic rings. The van der Waals surface area contributed by atoms with Gasteiger partial charge in [-0.05, 0) is 31.6 Å². The fourth-order valence-corrected chi connectivity index (χ4v) is 4.06. The monoisotopic (exact) mass is 266 g/mol. The second-order valence-corrected chi connectivity index (χ2v) is 6.65. The first-order chi connectivity index (χ1) is 9.27. The van der Waals surface area contributed by atoms with E-state index in [-0.39, 0.29) is 11.5 Å². The summed E-state index contributed by atoms with van der Waals surface area (Å²) in [5.41, 5.74) is -0.0352. The van der Waals surface area contributed by atoms with Crippen molar-refractivity contribution >= 4 is 5.78 Å². The third kappa shape index (κ3) is 3.19. The quantitative estimate of drug-likeness (QED) is 0.787. The Kier molecular flexibility index (Phi) is 4.23. The molecule has 0 aromatic carbocycles. The highest BCUT2D eigenvalue weighted by Gasteiger charge is 2.41. The van der Waals surface area contributed by atoms with Crippen LogP contribution in [0.1, 0.15) is 57.8 Å². The molecule has 108 valence electrons. The number of carbonyl (C=O) groups is 1. The molecule has 19 heavy (non-hydrogen) atoms. The van der Waals surface area contributed by atoms with Gasteiger partial charge in [0.25, 0.3) is 0 Å². The Morgan fingerprint density at radius 2 is 1.79 bits per heavy atom. The lowest BCUT2D eigenvalue weighted by molar-refractivity contribution is -0.157. The summed E-state index contributed by atoms with van der Waals surface area (Å²) in [4.78, 5) is 12.5. The predicted octanol–water partition coefficient (Wildman–Crippen LogP) is 3.11. The molecule has 2 aliphatic heterocycles. The summed E-state index contributed by atoms with van der Waals surface area (Å²) in [5.74, 6) is 1.45. The first-order valence-corrected chi connectivity index (χ1v) is 8.02. The van der Waals surface area contributed by atoms with Crippen molar-refractivity contribution in [1.29, 1.82) is 0 Å². The van der Waals surface area contributed by atoms with E-state index in [1.807, 2.05) is 0 Å². The summed E-state index contributed by atoms with van der Waals surface area (Å²) >= 11 is 0. The van der Waals surface area contributed by atoms with Gasteiger partial charge < -0.3 is 9.47 Å². The SMILES string of the molecule is O=C(CC1CCCC1)C1CCOC2(CCOCC2)C1. The maximum absolute atomic E-state index is 12.5. The second-order valence-electron chi connectivity index (χ2n) is 6.65. The van der Waals surface area contributed by atoms with Crippen molar-refractivity contribution in [3.8, 4) is 0 Å². The third-order valence-electron chi connectivity index (χ3n) is 5.32. The molecule has 1 spiro atoms. The Hall–Kier alpha value is -0.410. The number of ether oxygens (including phenoxy) is 2. The number of hydrogen-bond donors (Lipinski definition) is 0. The van der Waals surface area contributed by atoms with Gasteiger partial charge in [-0.25, -0.2) is 0 Å². The van der Waals surface area contributed by atoms with Gasteiger partial charge in [-0.1, -0.05) is 25.7 Å². The van der Waals surface area contributed by atoms with Crippen LogP contribution in [0.15, 0.2) is 0 Å². The maximum Gasteiger partial charge on any atom is 0.136 e. The maximum atomic E-state index is 12.5. The topological polar surface area (TPSA) is 35.5 Å². The number of hydrogen-bond acceptors (Lipinski definition) is 3. The molecule has 1 unspecified atom stereocenters. The van der Waals surface area contributed by atoms with Gasteiger partial charge in [0.1, 0.15) is 5.78 Å². The average molecular weight is 266 g/mol. The Labute approximate surface area is 116 Å². The summed E-state index contributed by atoms with van der Waals surface area (Å²) in [6, 6.07) is 0. The number of carbonyl (C=O) groups excluding carboxylic acids is 1. The van der Waals surface area contributed by atoms with Gasteiger partial charge in [-0.15, -0.1) is 0 Å². The molecule has 0 aromatic heterocycles. The minimum atomic E-state index is -0.0352. The number of rotatable bonds is 3. The minimum Gasteiger partial charge on any atom is -0.381 e. The summed E-state index contributed by atoms with van der Waals surface area (Å²) in [6.45, 7) is 2.36. The van der Waals surface area contributed by atoms with Crippen molar-refractivity contribution in [3.63, 3.8) is 0 Å². The van der Waals surface area contributed by atoms with Crippen LogP contribution in [0.4, 0.5) is 0 Å². The molecule has 0 amide bonds. The van der Waals surface area contributed by atoms with Gasteiger partial charge in [-0.2, -0.15) is 0 Å². The molecule has 0 bridgehead atoms. The Bertz CT molecular complexity index is 308. The van der Waals surface area contributed by atoms with Gasteiger partial charge in [0.2, 0.25) is 0 Å². The summed E-state index contributed by atoms with van der Waals surface area (Å²) < 4.78 is 11.5. The van der Waals surface area contributed by atoms with Crippen LogP contribution in [0, 0.1) is 11.8 Å². The van der Waals surface area contributed by atoms with Crippen LogP contribution in [-0.2, 0) is 14.3 Å². The van der Waals surface area contributed by atoms with E-state index in [4.69, 9.17) is 9.47 Å². The van der Waals surface area contributed by atoms with E-state index < -0.39 is 0 Å². The lowest BCUT2D eigenvalue weighted by atomic mass is 9.77. The van der Waals surface area contributed by atoms with Crippen molar-refractivity contribution in [2.45, 2.75) is 63.4 Å². The smallest absolute Gasteiger partial charge is 0.136 e. The normalized spacial score (nSPS) is 31.7. The first kappa shape index (κ1) is 13.6. The van der Waals surface area contributed by atoms with Gasteiger partial charge in [-0.3, -0.25) is 4.79 Å². The molecular formula is C16H26O3. The third-order valence-corrected chi connectivity index (χ3v) is 5.32. The van der Waals surface area contributed by atoms with E-state index in [0.29, 0.717) is 11.7 Å². The number of Topliss-reactive ketones (excluding diaryl/α,β-unsaturated/α-hetero) is 1. The van der Waals surface area contributed by atoms with Crippen LogP contribution in [0.5, 0.6) is 0 Å². The minimum absolute atomic E-state index is 0.0352. The zero-order chi connectivity index (χ0) is 13.1. The van der Waals surface area contributed by atoms with Gasteiger partial charge >= 0.3 is 0 Å². The Morgan fingerprint density at radius 3 is 2.53 bits per heavy atom. The lowest BCUT2D eigenvalue weighted by Crippen LogP contribution is -2.46. The van der Waals surface area contributed by atoms with Crippen LogP contribution in [0.25, 0.3) is 0 Å². The molecule has 3 heteroatoms. The van der Waals surface area contributed by atoms with Gasteiger partial charge in [0.05, 0.1) is 5.60 Å². The van der Waals surface area contributed by atoms with Crippen molar-refractivity contribution < 1.29 is 14.3 Å². The highest BCUT2D eigenvalue weighted by molar-refractivity contribution is 5.81. The average Bonchev–Trinajstić information content (AvgIpc) is 2.92. The standard InChI is InChI=1S/C16H26O3/c17-15(11-13-3-1-2-4-13)14-5-8-19-16(12-14)6-9-18-10-7-16/h13-14H,1-12H2. The summed E-state index contributed by atoms with van der Waals surface area (Å²) in [5, 5.41) is 0. The van der Waals surface area contributed by atoms with Crippen molar-refractivity contribution in [2.24, 2.45) is 11.8 Å². The molecule has 0 radical (unpaired) electrons. The van der Waals surface area contributed by atoms with Gasteiger partial charge in [0.15, 0.2) is 0 Å². The Morgan fingerprint density at radius 1 is 1.05 bits per heavy atom. The van der Waals surface area contributed by atoms with E-state index in [1.165, 1.54) is 25.7 Å². The van der Waals surface area contributed by atoms with Crippen LogP contribution in [-0.4, -0.2) is 31.2 Å². The molecule has 2 saturated heterocycles. The van der Waals surface area contributed by atoms with E-state index in [2.05, 4.69) is 0 Å². The second kappa shape index (κ2) is 5.92. The number of ketones is 1. The highest BCUT2D eigenvalue weighted by Crippen LogP contribution is 2.39. The first-order valence-electron chi connectivity index (χ1n) is 8.02. The van der Waals surface area contributed by atoms with Crippen molar-refractivity contribution in [2.75, 3.05) is 19.8 Å². The molecule has 1 aliphatic carbocycles. The van der Waals surface area contributed by atoms with E-state index in [9.17, 15) is 4.79 Å². The fraction of sp³-hybridized carbons (Fsp3) is 0.938. The van der Waals surface area contributed by atoms with E-state index >= 15 is 0 Å². The van der Waals surface area contributed by atoms with Crippen LogP contribution in [0.2, 0.25) is 0 Å². The molecular weight excluding hydrogens is 240 g/mol. The van der Waals surface area contributed by atoms with Crippen LogP contribution in [0.3, 0.4) is 0 Å². The Balaban J connectivity index is 1.56. The molecule has 3 rings (SSSR count). The van der Waals surface area contributed by atoms with Crippen LogP contribution < -0.4 is 0 Å². The zero-order valence-electron chi connectivity index (χ0n) is 11.9. The molecule has 0 N–H and O–H groups in total. The summed E-state index contributed by atoms with van der Waals surface area (Å²) in [6.07, 6.45) is 9.86. The van der Waals surface area contributed by atoms with E-state index in [0.717, 1.165) is 51.9 Å². The molecule has 1 saturated carbocycles. The molecule has 3 fully saturated rings. The fourth-order valence-electron chi connectivity index (χ4n) is 4.06. The largest absolute Gasteiger partial charge is 0.381 e. The van der Waals surface area contributed by atoms with E-state index in [1.54, 1.807) is 0 Å². The summed E-state index contributed by atoms with van der Waals surface area (Å²) in [7, 11) is 0. The molecule has 3 nitrogen and oxygen atoms in total. The highest BCUT2D eigenvalue weighted by atomic mass is 16.5. The molecule has 2 heterocycles. The predicted molar refractivity (Wildman–Crippen MR) is 73.0 cm³/mol. The van der Waals surface area contributed by atoms with Crippen molar-refractivity contribution in [1.82, 2.24) is 0 Å².